The highest BCUT2D eigenvalue weighted by Crippen LogP contribution is 2.28. The molecule has 0 spiro atoms. The van der Waals surface area contributed by atoms with Crippen molar-refractivity contribution in [1.82, 2.24) is 15.2 Å². The first kappa shape index (κ1) is 13.4. The second-order valence-electron chi connectivity index (χ2n) is 4.09. The number of nitrogens with two attached hydrogens (primary N) is 1. The van der Waals surface area contributed by atoms with Crippen LogP contribution in [0, 0.1) is 5.92 Å². The molecule has 0 saturated carbocycles. The van der Waals surface area contributed by atoms with Crippen LogP contribution >= 0.6 is 11.6 Å². The number of rotatable bonds is 5. The molecule has 3 N–H and O–H groups in total. The van der Waals surface area contributed by atoms with Gasteiger partial charge in [0.1, 0.15) is 0 Å². The van der Waals surface area contributed by atoms with Crippen LogP contribution < -0.4 is 11.3 Å². The molecular formula is C10H19ClN4O. The Morgan fingerprint density at radius 1 is 1.56 bits per heavy atom. The van der Waals surface area contributed by atoms with Crippen LogP contribution in [0.4, 0.5) is 0 Å². The third-order valence-electron chi connectivity index (χ3n) is 2.67. The molecule has 1 aromatic heterocycles. The Morgan fingerprint density at radius 3 is 2.50 bits per heavy atom. The number of methoxy groups -OCH3 is 1. The number of nitrogens with one attached hydrogen (secondary N) is 1. The molecule has 16 heavy (non-hydrogen) atoms. The molecule has 5 nitrogen and oxygen atoms in total. The molecule has 0 aliphatic carbocycles. The second-order valence-corrected chi connectivity index (χ2v) is 4.50. The maximum absolute atomic E-state index is 6.09. The summed E-state index contributed by atoms with van der Waals surface area (Å²) in [5.41, 5.74) is 3.59. The summed E-state index contributed by atoms with van der Waals surface area (Å²) in [6, 6.07) is -0.176. The lowest BCUT2D eigenvalue weighted by Gasteiger charge is -2.28. The van der Waals surface area contributed by atoms with Crippen LogP contribution in [-0.2, 0) is 11.8 Å². The summed E-state index contributed by atoms with van der Waals surface area (Å²) >= 11 is 6.09. The zero-order valence-electron chi connectivity index (χ0n) is 10.1. The fraction of sp³-hybridized carbons (Fsp3) is 0.700. The molecule has 0 aliphatic heterocycles. The van der Waals surface area contributed by atoms with E-state index in [0.29, 0.717) is 10.9 Å². The van der Waals surface area contributed by atoms with Crippen molar-refractivity contribution in [2.24, 2.45) is 18.8 Å². The van der Waals surface area contributed by atoms with Gasteiger partial charge in [0.2, 0.25) is 0 Å². The predicted molar refractivity (Wildman–Crippen MR) is 63.9 cm³/mol. The number of halogens is 1. The number of nitrogens with zero attached hydrogens (tertiary/aromatic N) is 2. The van der Waals surface area contributed by atoms with Crippen LogP contribution in [0.5, 0.6) is 0 Å². The van der Waals surface area contributed by atoms with Gasteiger partial charge in [-0.2, -0.15) is 5.10 Å². The lowest BCUT2D eigenvalue weighted by atomic mass is 9.97. The molecule has 0 aromatic carbocycles. The van der Waals surface area contributed by atoms with Gasteiger partial charge in [-0.05, 0) is 5.92 Å². The van der Waals surface area contributed by atoms with Crippen LogP contribution in [-0.4, -0.2) is 23.0 Å². The third-order valence-corrected chi connectivity index (χ3v) is 2.96. The lowest BCUT2D eigenvalue weighted by molar-refractivity contribution is 0.0304. The van der Waals surface area contributed by atoms with Crippen LogP contribution in [0.2, 0.25) is 5.02 Å². The summed E-state index contributed by atoms with van der Waals surface area (Å²) in [5.74, 6) is 5.90. The van der Waals surface area contributed by atoms with E-state index >= 15 is 0 Å². The molecule has 1 heterocycles. The van der Waals surface area contributed by atoms with Crippen molar-refractivity contribution in [1.29, 1.82) is 0 Å². The molecule has 2 unspecified atom stereocenters. The van der Waals surface area contributed by atoms with E-state index in [2.05, 4.69) is 24.4 Å². The summed E-state index contributed by atoms with van der Waals surface area (Å²) in [6.07, 6.45) is 1.55. The van der Waals surface area contributed by atoms with Crippen molar-refractivity contribution in [3.8, 4) is 0 Å². The minimum absolute atomic E-state index is 0.0575. The van der Waals surface area contributed by atoms with E-state index in [-0.39, 0.29) is 12.1 Å². The Labute approximate surface area is 101 Å². The molecule has 6 heteroatoms. The van der Waals surface area contributed by atoms with Crippen molar-refractivity contribution < 1.29 is 4.74 Å². The second kappa shape index (κ2) is 5.63. The summed E-state index contributed by atoms with van der Waals surface area (Å²) in [7, 11) is 3.50. The Bertz CT molecular complexity index is 320. The largest absolute Gasteiger partial charge is 0.379 e. The molecule has 92 valence electrons. The smallest absolute Gasteiger partial charge is 0.0907 e. The number of ether oxygens (including phenoxy) is 1. The highest BCUT2D eigenvalue weighted by molar-refractivity contribution is 6.31. The van der Waals surface area contributed by atoms with Gasteiger partial charge in [0.15, 0.2) is 0 Å². The fourth-order valence-corrected chi connectivity index (χ4v) is 2.18. The van der Waals surface area contributed by atoms with E-state index in [4.69, 9.17) is 22.2 Å². The molecular weight excluding hydrogens is 228 g/mol. The Morgan fingerprint density at radius 2 is 2.19 bits per heavy atom. The normalized spacial score (nSPS) is 15.4. The Balaban J connectivity index is 3.06. The topological polar surface area (TPSA) is 65.1 Å². The minimum Gasteiger partial charge on any atom is -0.379 e. The van der Waals surface area contributed by atoms with Crippen molar-refractivity contribution in [3.05, 3.63) is 16.9 Å². The number of aryl methyl sites for hydroxylation is 1. The molecule has 1 aromatic rings. The van der Waals surface area contributed by atoms with Crippen LogP contribution in [0.25, 0.3) is 0 Å². The molecule has 0 bridgehead atoms. The van der Waals surface area contributed by atoms with E-state index in [1.165, 1.54) is 0 Å². The van der Waals surface area contributed by atoms with Gasteiger partial charge in [-0.3, -0.25) is 10.5 Å². The average Bonchev–Trinajstić information content (AvgIpc) is 2.55. The summed E-state index contributed by atoms with van der Waals surface area (Å²) < 4.78 is 7.17. The first-order valence-electron chi connectivity index (χ1n) is 5.19. The number of hydrogen-bond donors (Lipinski definition) is 2. The molecule has 1 rings (SSSR count). The number of aromatic nitrogens is 2. The highest BCUT2D eigenvalue weighted by Gasteiger charge is 2.29. The molecule has 0 fully saturated rings. The van der Waals surface area contributed by atoms with E-state index in [0.717, 1.165) is 5.69 Å². The maximum Gasteiger partial charge on any atom is 0.0907 e. The van der Waals surface area contributed by atoms with Gasteiger partial charge < -0.3 is 4.74 Å². The summed E-state index contributed by atoms with van der Waals surface area (Å²) in [6.45, 7) is 4.14. The highest BCUT2D eigenvalue weighted by atomic mass is 35.5. The SMILES string of the molecule is COC(C(C)C)C(NN)c1c(Cl)cnn1C. The predicted octanol–water partition coefficient (Wildman–Crippen LogP) is 1.25. The van der Waals surface area contributed by atoms with E-state index in [1.54, 1.807) is 18.0 Å². The zero-order chi connectivity index (χ0) is 12.3. The molecule has 0 radical (unpaired) electrons. The summed E-state index contributed by atoms with van der Waals surface area (Å²) in [4.78, 5) is 0. The van der Waals surface area contributed by atoms with Gasteiger partial charge in [-0.15, -0.1) is 0 Å². The zero-order valence-corrected chi connectivity index (χ0v) is 10.8. The van der Waals surface area contributed by atoms with Gasteiger partial charge in [0, 0.05) is 14.2 Å². The Hall–Kier alpha value is -0.620. The van der Waals surface area contributed by atoms with Crippen LogP contribution in [0.15, 0.2) is 6.20 Å². The van der Waals surface area contributed by atoms with Crippen molar-refractivity contribution in [2.45, 2.75) is 26.0 Å². The molecule has 0 aliphatic rings. The molecule has 2 atom stereocenters. The van der Waals surface area contributed by atoms with E-state index in [9.17, 15) is 0 Å². The molecule has 0 amide bonds. The van der Waals surface area contributed by atoms with Crippen LogP contribution in [0.1, 0.15) is 25.6 Å². The quantitative estimate of drug-likeness (QED) is 0.606. The van der Waals surface area contributed by atoms with Crippen LogP contribution in [0.3, 0.4) is 0 Å². The van der Waals surface area contributed by atoms with Crippen molar-refractivity contribution in [2.75, 3.05) is 7.11 Å². The van der Waals surface area contributed by atoms with Gasteiger partial charge in [-0.1, -0.05) is 25.4 Å². The first-order chi connectivity index (χ1) is 7.52. The average molecular weight is 247 g/mol. The van der Waals surface area contributed by atoms with Gasteiger partial charge in [0.25, 0.3) is 0 Å². The maximum atomic E-state index is 6.09. The van der Waals surface area contributed by atoms with Gasteiger partial charge in [-0.25, -0.2) is 5.43 Å². The first-order valence-corrected chi connectivity index (χ1v) is 5.57. The van der Waals surface area contributed by atoms with E-state index < -0.39 is 0 Å². The van der Waals surface area contributed by atoms with Gasteiger partial charge >= 0.3 is 0 Å². The molecule has 0 saturated heterocycles. The van der Waals surface area contributed by atoms with E-state index in [1.807, 2.05) is 7.05 Å². The minimum atomic E-state index is -0.176. The standard InChI is InChI=1S/C10H19ClN4O/c1-6(2)10(16-4)8(14-12)9-7(11)5-13-15(9)3/h5-6,8,10,14H,12H2,1-4H3. The number of hydrazine groups is 1. The Kier molecular flexibility index (Phi) is 4.73. The third kappa shape index (κ3) is 2.55. The number of hydrogen-bond acceptors (Lipinski definition) is 4. The van der Waals surface area contributed by atoms with Gasteiger partial charge in [0.05, 0.1) is 29.1 Å². The summed E-state index contributed by atoms with van der Waals surface area (Å²) in [5, 5.41) is 4.69. The lowest BCUT2D eigenvalue weighted by Crippen LogP contribution is -2.41. The monoisotopic (exact) mass is 246 g/mol. The van der Waals surface area contributed by atoms with Crippen molar-refractivity contribution >= 4 is 11.6 Å². The van der Waals surface area contributed by atoms with Crippen molar-refractivity contribution in [3.63, 3.8) is 0 Å². The fourth-order valence-electron chi connectivity index (χ4n) is 1.89.